The number of ether oxygens (including phenoxy) is 1. The van der Waals surface area contributed by atoms with E-state index in [2.05, 4.69) is 9.62 Å². The van der Waals surface area contributed by atoms with Crippen molar-refractivity contribution in [1.29, 1.82) is 0 Å². The maximum absolute atomic E-state index is 10.8. The fourth-order valence-corrected chi connectivity index (χ4v) is 0.479. The van der Waals surface area contributed by atoms with Gasteiger partial charge in [-0.1, -0.05) is 13.8 Å². The van der Waals surface area contributed by atoms with Crippen molar-refractivity contribution in [2.75, 3.05) is 13.2 Å². The molecule has 0 spiro atoms. The lowest BCUT2D eigenvalue weighted by atomic mass is 10.2. The normalized spacial score (nSPS) is 13.1. The molecule has 0 rings (SSSR count). The molecule has 5 nitrogen and oxygen atoms in total. The van der Waals surface area contributed by atoms with Crippen molar-refractivity contribution in [1.82, 2.24) is 0 Å². The standard InChI is InChI=1S/C7H14O5/c1-5(2)7(9)11-3-6(8)4-12-10/h5-6,8,10H,3-4H2,1-2H3. The maximum atomic E-state index is 10.8. The summed E-state index contributed by atoms with van der Waals surface area (Å²) < 4.78 is 4.64. The molecule has 0 fully saturated rings. The summed E-state index contributed by atoms with van der Waals surface area (Å²) in [4.78, 5) is 14.5. The van der Waals surface area contributed by atoms with Crippen molar-refractivity contribution in [2.45, 2.75) is 20.0 Å². The summed E-state index contributed by atoms with van der Waals surface area (Å²) in [7, 11) is 0. The van der Waals surface area contributed by atoms with Gasteiger partial charge in [0, 0.05) is 0 Å². The molecule has 0 saturated heterocycles. The van der Waals surface area contributed by atoms with Gasteiger partial charge in [0.25, 0.3) is 0 Å². The lowest BCUT2D eigenvalue weighted by molar-refractivity contribution is -0.259. The second kappa shape index (κ2) is 5.93. The Morgan fingerprint density at radius 2 is 2.00 bits per heavy atom. The SMILES string of the molecule is CC(C)C(=O)OCC(O)COO. The van der Waals surface area contributed by atoms with Crippen LogP contribution in [0.4, 0.5) is 0 Å². The molecular formula is C7H14O5. The summed E-state index contributed by atoms with van der Waals surface area (Å²) in [5.41, 5.74) is 0. The molecule has 0 aliphatic carbocycles. The van der Waals surface area contributed by atoms with E-state index in [1.807, 2.05) is 0 Å². The topological polar surface area (TPSA) is 76.0 Å². The first kappa shape index (κ1) is 11.4. The van der Waals surface area contributed by atoms with Crippen LogP contribution in [0.5, 0.6) is 0 Å². The molecule has 1 unspecified atom stereocenters. The van der Waals surface area contributed by atoms with E-state index in [4.69, 9.17) is 10.4 Å². The highest BCUT2D eigenvalue weighted by molar-refractivity contribution is 5.71. The number of carbonyl (C=O) groups is 1. The molecule has 0 aromatic heterocycles. The monoisotopic (exact) mass is 178 g/mol. The van der Waals surface area contributed by atoms with Crippen molar-refractivity contribution in [3.8, 4) is 0 Å². The third-order valence-electron chi connectivity index (χ3n) is 1.16. The van der Waals surface area contributed by atoms with Crippen LogP contribution in [0.25, 0.3) is 0 Å². The largest absolute Gasteiger partial charge is 0.463 e. The molecule has 0 aliphatic heterocycles. The molecule has 2 N–H and O–H groups in total. The van der Waals surface area contributed by atoms with Crippen molar-refractivity contribution in [2.24, 2.45) is 5.92 Å². The molecule has 0 amide bonds. The highest BCUT2D eigenvalue weighted by Crippen LogP contribution is 1.96. The quantitative estimate of drug-likeness (QED) is 0.353. The number of hydrogen-bond acceptors (Lipinski definition) is 5. The molecule has 0 radical (unpaired) electrons. The smallest absolute Gasteiger partial charge is 0.308 e. The van der Waals surface area contributed by atoms with Crippen LogP contribution in [0, 0.1) is 5.92 Å². The second-order valence-corrected chi connectivity index (χ2v) is 2.73. The van der Waals surface area contributed by atoms with E-state index >= 15 is 0 Å². The van der Waals surface area contributed by atoms with E-state index in [1.54, 1.807) is 13.8 Å². The number of aliphatic hydroxyl groups is 1. The van der Waals surface area contributed by atoms with Gasteiger partial charge < -0.3 is 9.84 Å². The molecule has 5 heteroatoms. The summed E-state index contributed by atoms with van der Waals surface area (Å²) in [6.07, 6.45) is -0.974. The van der Waals surface area contributed by atoms with E-state index in [-0.39, 0.29) is 25.1 Å². The zero-order chi connectivity index (χ0) is 9.56. The minimum Gasteiger partial charge on any atom is -0.463 e. The summed E-state index contributed by atoms with van der Waals surface area (Å²) >= 11 is 0. The zero-order valence-electron chi connectivity index (χ0n) is 7.19. The first-order valence-electron chi connectivity index (χ1n) is 3.69. The van der Waals surface area contributed by atoms with E-state index in [9.17, 15) is 4.79 Å². The molecule has 72 valence electrons. The molecule has 0 aromatic rings. The summed E-state index contributed by atoms with van der Waals surface area (Å²) in [5.74, 6) is -0.598. The lowest BCUT2D eigenvalue weighted by Crippen LogP contribution is -2.24. The highest BCUT2D eigenvalue weighted by atomic mass is 17.1. The molecule has 0 aromatic carbocycles. The molecule has 0 bridgehead atoms. The Bertz CT molecular complexity index is 134. The molecule has 1 atom stereocenters. The Hall–Kier alpha value is -0.650. The predicted molar refractivity (Wildman–Crippen MR) is 40.4 cm³/mol. The maximum Gasteiger partial charge on any atom is 0.308 e. The number of carbonyl (C=O) groups excluding carboxylic acids is 1. The van der Waals surface area contributed by atoms with Crippen LogP contribution in [0.2, 0.25) is 0 Å². The summed E-state index contributed by atoms with van der Waals surface area (Å²) in [6, 6.07) is 0. The van der Waals surface area contributed by atoms with Crippen LogP contribution < -0.4 is 0 Å². The van der Waals surface area contributed by atoms with Crippen molar-refractivity contribution in [3.63, 3.8) is 0 Å². The third kappa shape index (κ3) is 5.06. The fraction of sp³-hybridized carbons (Fsp3) is 0.857. The van der Waals surface area contributed by atoms with E-state index in [0.717, 1.165) is 0 Å². The number of rotatable bonds is 5. The summed E-state index contributed by atoms with van der Waals surface area (Å²) in [5, 5.41) is 16.8. The Labute approximate surface area is 70.8 Å². The summed E-state index contributed by atoms with van der Waals surface area (Å²) in [6.45, 7) is 2.97. The highest BCUT2D eigenvalue weighted by Gasteiger charge is 2.11. The van der Waals surface area contributed by atoms with Crippen LogP contribution in [-0.2, 0) is 14.4 Å². The predicted octanol–water partition coefficient (Wildman–Crippen LogP) is 0.0361. The van der Waals surface area contributed by atoms with Crippen LogP contribution >= 0.6 is 0 Å². The number of aliphatic hydroxyl groups excluding tert-OH is 1. The van der Waals surface area contributed by atoms with Crippen molar-refractivity contribution < 1.29 is 24.8 Å². The van der Waals surface area contributed by atoms with Crippen LogP contribution in [-0.4, -0.2) is 35.7 Å². The Morgan fingerprint density at radius 1 is 1.42 bits per heavy atom. The van der Waals surface area contributed by atoms with Gasteiger partial charge in [-0.25, -0.2) is 4.89 Å². The first-order chi connectivity index (χ1) is 5.57. The average Bonchev–Trinajstić information content (AvgIpc) is 2.00. The van der Waals surface area contributed by atoms with Gasteiger partial charge in [0.2, 0.25) is 0 Å². The third-order valence-corrected chi connectivity index (χ3v) is 1.16. The Balaban J connectivity index is 3.47. The molecule has 12 heavy (non-hydrogen) atoms. The molecule has 0 aliphatic rings. The zero-order valence-corrected chi connectivity index (χ0v) is 7.19. The minimum absolute atomic E-state index is 0.155. The van der Waals surface area contributed by atoms with Gasteiger partial charge in [-0.2, -0.15) is 0 Å². The minimum atomic E-state index is -0.974. The van der Waals surface area contributed by atoms with Gasteiger partial charge in [-0.3, -0.25) is 10.1 Å². The van der Waals surface area contributed by atoms with E-state index < -0.39 is 6.10 Å². The van der Waals surface area contributed by atoms with Crippen molar-refractivity contribution >= 4 is 5.97 Å². The molecule has 0 heterocycles. The Morgan fingerprint density at radius 3 is 2.42 bits per heavy atom. The second-order valence-electron chi connectivity index (χ2n) is 2.73. The van der Waals surface area contributed by atoms with Crippen LogP contribution in [0.3, 0.4) is 0 Å². The van der Waals surface area contributed by atoms with Gasteiger partial charge in [0.15, 0.2) is 0 Å². The first-order valence-corrected chi connectivity index (χ1v) is 3.69. The van der Waals surface area contributed by atoms with E-state index in [0.29, 0.717) is 0 Å². The number of hydrogen-bond donors (Lipinski definition) is 2. The number of esters is 1. The fourth-order valence-electron chi connectivity index (χ4n) is 0.479. The van der Waals surface area contributed by atoms with Crippen molar-refractivity contribution in [3.05, 3.63) is 0 Å². The van der Waals surface area contributed by atoms with Crippen LogP contribution in [0.15, 0.2) is 0 Å². The van der Waals surface area contributed by atoms with Crippen LogP contribution in [0.1, 0.15) is 13.8 Å². The average molecular weight is 178 g/mol. The van der Waals surface area contributed by atoms with E-state index in [1.165, 1.54) is 0 Å². The lowest BCUT2D eigenvalue weighted by Gasteiger charge is -2.10. The van der Waals surface area contributed by atoms with Gasteiger partial charge in [0.1, 0.15) is 19.3 Å². The van der Waals surface area contributed by atoms with Gasteiger partial charge in [0.05, 0.1) is 5.92 Å². The van der Waals surface area contributed by atoms with Gasteiger partial charge in [-0.15, -0.1) is 0 Å². The van der Waals surface area contributed by atoms with Gasteiger partial charge in [-0.05, 0) is 0 Å². The molecular weight excluding hydrogens is 164 g/mol. The Kier molecular flexibility index (Phi) is 5.61. The van der Waals surface area contributed by atoms with Gasteiger partial charge >= 0.3 is 5.97 Å². The molecule has 0 saturated carbocycles.